The van der Waals surface area contributed by atoms with Crippen molar-refractivity contribution < 1.29 is 0 Å². The Morgan fingerprint density at radius 2 is 2.09 bits per heavy atom. The monoisotopic (exact) mass is 214 g/mol. The maximum Gasteiger partial charge on any atom is 0.0282 e. The van der Waals surface area contributed by atoms with Crippen molar-refractivity contribution in [2.45, 2.75) is 20.3 Å². The number of halogens is 1. The van der Waals surface area contributed by atoms with Crippen LogP contribution in [-0.2, 0) is 0 Å². The predicted octanol–water partition coefficient (Wildman–Crippen LogP) is 3.85. The van der Waals surface area contributed by atoms with Crippen LogP contribution < -0.4 is 0 Å². The predicted molar refractivity (Wildman–Crippen MR) is 56.1 cm³/mol. The molecule has 0 aromatic carbocycles. The van der Waals surface area contributed by atoms with Gasteiger partial charge in [-0.1, -0.05) is 53.2 Å². The molecule has 0 amide bonds. The van der Waals surface area contributed by atoms with Crippen LogP contribution in [0.2, 0.25) is 0 Å². The van der Waals surface area contributed by atoms with Gasteiger partial charge in [0.05, 0.1) is 0 Å². The first kappa shape index (κ1) is 10.7. The number of hydrogen-bond donors (Lipinski definition) is 0. The first-order valence-electron chi connectivity index (χ1n) is 3.79. The summed E-state index contributed by atoms with van der Waals surface area (Å²) in [5, 5.41) is 0.879. The molecule has 0 aliphatic heterocycles. The number of hydrogen-bond acceptors (Lipinski definition) is 0. The summed E-state index contributed by atoms with van der Waals surface area (Å²) in [4.78, 5) is 0. The van der Waals surface area contributed by atoms with Crippen LogP contribution in [-0.4, -0.2) is 5.33 Å². The van der Waals surface area contributed by atoms with Crippen molar-refractivity contribution in [2.24, 2.45) is 0 Å². The zero-order valence-corrected chi connectivity index (χ0v) is 8.82. The molecule has 0 atom stereocenters. The van der Waals surface area contributed by atoms with Gasteiger partial charge in [0, 0.05) is 5.33 Å². The second-order valence-electron chi connectivity index (χ2n) is 2.45. The Morgan fingerprint density at radius 1 is 1.45 bits per heavy atom. The van der Waals surface area contributed by atoms with Crippen molar-refractivity contribution in [3.63, 3.8) is 0 Å². The van der Waals surface area contributed by atoms with E-state index in [1.54, 1.807) is 0 Å². The van der Waals surface area contributed by atoms with E-state index in [1.165, 1.54) is 11.1 Å². The van der Waals surface area contributed by atoms with E-state index in [1.807, 2.05) is 6.08 Å². The van der Waals surface area contributed by atoms with E-state index in [0.717, 1.165) is 11.8 Å². The van der Waals surface area contributed by atoms with Gasteiger partial charge in [-0.15, -0.1) is 0 Å². The highest BCUT2D eigenvalue weighted by Crippen LogP contribution is 2.04. The molecule has 1 heteroatoms. The van der Waals surface area contributed by atoms with Crippen LogP contribution >= 0.6 is 15.9 Å². The maximum atomic E-state index is 3.71. The van der Waals surface area contributed by atoms with E-state index in [0.29, 0.717) is 0 Å². The average Bonchev–Trinajstić information content (AvgIpc) is 2.06. The normalized spacial score (nSPS) is 13.4. The number of alkyl halides is 1. The Morgan fingerprint density at radius 3 is 2.45 bits per heavy atom. The van der Waals surface area contributed by atoms with Gasteiger partial charge in [0.25, 0.3) is 0 Å². The molecule has 0 fully saturated rings. The summed E-state index contributed by atoms with van der Waals surface area (Å²) in [6, 6.07) is 0. The van der Waals surface area contributed by atoms with Crippen LogP contribution in [0.15, 0.2) is 36.0 Å². The van der Waals surface area contributed by atoms with E-state index < -0.39 is 0 Å². The van der Waals surface area contributed by atoms with E-state index in [2.05, 4.69) is 48.5 Å². The standard InChI is InChI=1S/C10H15Br/c1-4-9(3)6-7-10(5-2)8-11/h5-7H,2,4,8H2,1,3H3/b9-6+,10-7+. The smallest absolute Gasteiger partial charge is 0.0282 e. The molecule has 0 N–H and O–H groups in total. The summed E-state index contributed by atoms with van der Waals surface area (Å²) >= 11 is 3.38. The zero-order valence-electron chi connectivity index (χ0n) is 7.23. The van der Waals surface area contributed by atoms with Crippen molar-refractivity contribution in [1.82, 2.24) is 0 Å². The summed E-state index contributed by atoms with van der Waals surface area (Å²) < 4.78 is 0. The molecular formula is C10H15Br. The molecule has 0 nitrogen and oxygen atoms in total. The van der Waals surface area contributed by atoms with Crippen LogP contribution in [0.3, 0.4) is 0 Å². The zero-order chi connectivity index (χ0) is 8.69. The van der Waals surface area contributed by atoms with Gasteiger partial charge in [0.2, 0.25) is 0 Å². The fraction of sp³-hybridized carbons (Fsp3) is 0.400. The lowest BCUT2D eigenvalue weighted by atomic mass is 10.2. The van der Waals surface area contributed by atoms with Gasteiger partial charge in [-0.25, -0.2) is 0 Å². The molecule has 0 heterocycles. The Hall–Kier alpha value is -0.300. The van der Waals surface area contributed by atoms with Crippen LogP contribution in [0.25, 0.3) is 0 Å². The van der Waals surface area contributed by atoms with Crippen molar-refractivity contribution in [3.05, 3.63) is 36.0 Å². The molecule has 0 aromatic heterocycles. The van der Waals surface area contributed by atoms with Gasteiger partial charge < -0.3 is 0 Å². The Kier molecular flexibility index (Phi) is 6.24. The minimum atomic E-state index is 0.879. The van der Waals surface area contributed by atoms with Crippen molar-refractivity contribution >= 4 is 15.9 Å². The first-order chi connectivity index (χ1) is 5.24. The summed E-state index contributed by atoms with van der Waals surface area (Å²) in [7, 11) is 0. The molecule has 0 aliphatic rings. The second-order valence-corrected chi connectivity index (χ2v) is 3.01. The third-order valence-corrected chi connectivity index (χ3v) is 2.20. The van der Waals surface area contributed by atoms with Crippen LogP contribution in [0.1, 0.15) is 20.3 Å². The van der Waals surface area contributed by atoms with Gasteiger partial charge in [-0.2, -0.15) is 0 Å². The molecule has 0 unspecified atom stereocenters. The van der Waals surface area contributed by atoms with Crippen LogP contribution in [0, 0.1) is 0 Å². The lowest BCUT2D eigenvalue weighted by Gasteiger charge is -1.93. The number of allylic oxidation sites excluding steroid dienone is 5. The molecule has 0 spiro atoms. The largest absolute Gasteiger partial charge is 0.0988 e. The van der Waals surface area contributed by atoms with Crippen LogP contribution in [0.4, 0.5) is 0 Å². The minimum Gasteiger partial charge on any atom is -0.0988 e. The molecule has 0 rings (SSSR count). The van der Waals surface area contributed by atoms with Gasteiger partial charge in [0.15, 0.2) is 0 Å². The fourth-order valence-electron chi connectivity index (χ4n) is 0.534. The molecule has 0 bridgehead atoms. The van der Waals surface area contributed by atoms with E-state index >= 15 is 0 Å². The SMILES string of the molecule is C=C/C(=C\C=C(/C)CC)CBr. The lowest BCUT2D eigenvalue weighted by molar-refractivity contribution is 1.10. The second kappa shape index (κ2) is 6.41. The minimum absolute atomic E-state index is 0.879. The van der Waals surface area contributed by atoms with Gasteiger partial charge in [-0.3, -0.25) is 0 Å². The summed E-state index contributed by atoms with van der Waals surface area (Å²) in [5.74, 6) is 0. The fourth-order valence-corrected chi connectivity index (χ4v) is 0.950. The topological polar surface area (TPSA) is 0 Å². The van der Waals surface area contributed by atoms with Crippen LogP contribution in [0.5, 0.6) is 0 Å². The highest BCUT2D eigenvalue weighted by atomic mass is 79.9. The lowest BCUT2D eigenvalue weighted by Crippen LogP contribution is -1.76. The molecule has 0 saturated carbocycles. The quantitative estimate of drug-likeness (QED) is 0.493. The molecule has 62 valence electrons. The summed E-state index contributed by atoms with van der Waals surface area (Å²) in [6.45, 7) is 7.99. The summed E-state index contributed by atoms with van der Waals surface area (Å²) in [5.41, 5.74) is 2.61. The highest BCUT2D eigenvalue weighted by Gasteiger charge is 1.85. The van der Waals surface area contributed by atoms with E-state index in [9.17, 15) is 0 Å². The average molecular weight is 215 g/mol. The van der Waals surface area contributed by atoms with Gasteiger partial charge >= 0.3 is 0 Å². The van der Waals surface area contributed by atoms with Crippen molar-refractivity contribution in [2.75, 3.05) is 5.33 Å². The molecule has 0 aliphatic carbocycles. The Labute approximate surface area is 77.8 Å². The maximum absolute atomic E-state index is 3.71. The molecular weight excluding hydrogens is 200 g/mol. The van der Waals surface area contributed by atoms with Crippen molar-refractivity contribution in [3.8, 4) is 0 Å². The molecule has 11 heavy (non-hydrogen) atoms. The first-order valence-corrected chi connectivity index (χ1v) is 4.91. The Bertz CT molecular complexity index is 175. The molecule has 0 radical (unpaired) electrons. The Balaban J connectivity index is 4.17. The molecule has 0 aromatic rings. The van der Waals surface area contributed by atoms with E-state index in [4.69, 9.17) is 0 Å². The number of rotatable bonds is 4. The third-order valence-electron chi connectivity index (χ3n) is 1.56. The van der Waals surface area contributed by atoms with Gasteiger partial charge in [-0.05, 0) is 18.9 Å². The molecule has 0 saturated heterocycles. The van der Waals surface area contributed by atoms with Crippen molar-refractivity contribution in [1.29, 1.82) is 0 Å². The highest BCUT2D eigenvalue weighted by molar-refractivity contribution is 9.09. The van der Waals surface area contributed by atoms with Gasteiger partial charge in [0.1, 0.15) is 0 Å². The summed E-state index contributed by atoms with van der Waals surface area (Å²) in [6.07, 6.45) is 7.22. The van der Waals surface area contributed by atoms with E-state index in [-0.39, 0.29) is 0 Å². The third kappa shape index (κ3) is 5.02.